The molecule has 5 rings (SSSR count). The van der Waals surface area contributed by atoms with Crippen LogP contribution in [0.15, 0.2) is 24.3 Å². The van der Waals surface area contributed by atoms with Gasteiger partial charge in [0.05, 0.1) is 6.61 Å². The first kappa shape index (κ1) is 15.6. The number of rotatable bonds is 5. The molecule has 3 nitrogen and oxygen atoms in total. The maximum atomic E-state index is 5.60. The Labute approximate surface area is 140 Å². The first-order valence-corrected chi connectivity index (χ1v) is 9.46. The fourth-order valence-electron chi connectivity index (χ4n) is 4.91. The zero-order valence-corrected chi connectivity index (χ0v) is 14.4. The van der Waals surface area contributed by atoms with Crippen LogP contribution < -0.4 is 0 Å². The Morgan fingerprint density at radius 3 is 2.52 bits per heavy atom. The van der Waals surface area contributed by atoms with E-state index in [1.54, 1.807) is 11.1 Å². The fraction of sp³-hybridized carbons (Fsp3) is 0.700. The normalized spacial score (nSPS) is 28.9. The topological polar surface area (TPSA) is 15.7 Å². The first-order valence-electron chi connectivity index (χ1n) is 9.46. The van der Waals surface area contributed by atoms with E-state index >= 15 is 0 Å². The lowest BCUT2D eigenvalue weighted by Gasteiger charge is -2.36. The number of piperidine rings is 1. The summed E-state index contributed by atoms with van der Waals surface area (Å²) in [6, 6.07) is 10.5. The van der Waals surface area contributed by atoms with Gasteiger partial charge in [-0.25, -0.2) is 0 Å². The minimum atomic E-state index is 0.738. The second-order valence-electron chi connectivity index (χ2n) is 7.57. The minimum absolute atomic E-state index is 0.738. The summed E-state index contributed by atoms with van der Waals surface area (Å²) in [4.78, 5) is 5.54. The van der Waals surface area contributed by atoms with Gasteiger partial charge < -0.3 is 4.74 Å². The van der Waals surface area contributed by atoms with Crippen LogP contribution in [0, 0.1) is 5.92 Å². The van der Waals surface area contributed by atoms with E-state index in [1.807, 2.05) is 0 Å². The quantitative estimate of drug-likeness (QED) is 0.777. The van der Waals surface area contributed by atoms with Crippen molar-refractivity contribution >= 4 is 0 Å². The summed E-state index contributed by atoms with van der Waals surface area (Å²) >= 11 is 0. The molecule has 2 atom stereocenters. The summed E-state index contributed by atoms with van der Waals surface area (Å²) in [6.07, 6.45) is 5.32. The van der Waals surface area contributed by atoms with Gasteiger partial charge in [-0.1, -0.05) is 24.3 Å². The van der Waals surface area contributed by atoms with Gasteiger partial charge in [-0.05, 0) is 49.7 Å². The van der Waals surface area contributed by atoms with E-state index in [9.17, 15) is 0 Å². The first-order chi connectivity index (χ1) is 11.3. The van der Waals surface area contributed by atoms with Crippen molar-refractivity contribution in [3.8, 4) is 0 Å². The highest BCUT2D eigenvalue weighted by atomic mass is 16.5. The molecule has 4 aliphatic rings. The molecule has 0 spiro atoms. The number of hydrogen-bond acceptors (Lipinski definition) is 3. The van der Waals surface area contributed by atoms with E-state index < -0.39 is 0 Å². The van der Waals surface area contributed by atoms with Gasteiger partial charge >= 0.3 is 0 Å². The lowest BCUT2D eigenvalue weighted by molar-refractivity contribution is 0.0697. The molecule has 3 fully saturated rings. The standard InChI is InChI=1S/C20H30N2O/c1-2-23-10-9-21-13-16-7-8-19(21)15-22(14-16)20-11-17-5-3-4-6-18(17)12-20/h3-6,16,19-20H,2,7-15H2,1H3/t16-,19-/m1/s1. The maximum absolute atomic E-state index is 5.60. The summed E-state index contributed by atoms with van der Waals surface area (Å²) in [6.45, 7) is 8.81. The van der Waals surface area contributed by atoms with E-state index in [-0.39, 0.29) is 0 Å². The van der Waals surface area contributed by atoms with Crippen molar-refractivity contribution in [1.29, 1.82) is 0 Å². The summed E-state index contributed by atoms with van der Waals surface area (Å²) in [5.74, 6) is 0.860. The molecule has 0 unspecified atom stereocenters. The van der Waals surface area contributed by atoms with Crippen molar-refractivity contribution in [1.82, 2.24) is 9.80 Å². The molecular weight excluding hydrogens is 284 g/mol. The molecule has 23 heavy (non-hydrogen) atoms. The molecule has 0 amide bonds. The Kier molecular flexibility index (Phi) is 4.70. The van der Waals surface area contributed by atoms with Crippen LogP contribution in [-0.4, -0.2) is 61.3 Å². The van der Waals surface area contributed by atoms with Gasteiger partial charge in [0.25, 0.3) is 0 Å². The van der Waals surface area contributed by atoms with Gasteiger partial charge in [-0.3, -0.25) is 9.80 Å². The zero-order chi connectivity index (χ0) is 15.6. The van der Waals surface area contributed by atoms with Crippen LogP contribution in [0.4, 0.5) is 0 Å². The molecule has 2 bridgehead atoms. The van der Waals surface area contributed by atoms with Gasteiger partial charge in [0.2, 0.25) is 0 Å². The van der Waals surface area contributed by atoms with Crippen LogP contribution in [0.25, 0.3) is 0 Å². The Balaban J connectivity index is 1.41. The molecule has 0 N–H and O–H groups in total. The summed E-state index contributed by atoms with van der Waals surface area (Å²) in [5.41, 5.74) is 3.17. The van der Waals surface area contributed by atoms with Crippen LogP contribution in [0.5, 0.6) is 0 Å². The van der Waals surface area contributed by atoms with E-state index in [0.717, 1.165) is 37.8 Å². The molecule has 1 aliphatic carbocycles. The van der Waals surface area contributed by atoms with Crippen LogP contribution >= 0.6 is 0 Å². The number of benzene rings is 1. The van der Waals surface area contributed by atoms with Gasteiger partial charge in [0.1, 0.15) is 0 Å². The molecule has 3 aliphatic heterocycles. The summed E-state index contributed by atoms with van der Waals surface area (Å²) < 4.78 is 5.60. The van der Waals surface area contributed by atoms with E-state index in [2.05, 4.69) is 41.0 Å². The molecule has 1 aromatic rings. The van der Waals surface area contributed by atoms with Gasteiger partial charge in [0, 0.05) is 44.9 Å². The summed E-state index contributed by atoms with van der Waals surface area (Å²) in [7, 11) is 0. The lowest BCUT2D eigenvalue weighted by atomic mass is 9.95. The molecule has 3 heteroatoms. The van der Waals surface area contributed by atoms with Crippen LogP contribution in [0.3, 0.4) is 0 Å². The number of nitrogens with zero attached hydrogens (tertiary/aromatic N) is 2. The largest absolute Gasteiger partial charge is 0.380 e. The third kappa shape index (κ3) is 3.33. The van der Waals surface area contributed by atoms with Gasteiger partial charge in [0.15, 0.2) is 0 Å². The van der Waals surface area contributed by atoms with Gasteiger partial charge in [-0.2, -0.15) is 0 Å². The highest BCUT2D eigenvalue weighted by Gasteiger charge is 2.38. The average Bonchev–Trinajstić information content (AvgIpc) is 2.80. The Morgan fingerprint density at radius 1 is 1.00 bits per heavy atom. The number of ether oxygens (including phenoxy) is 1. The Hall–Kier alpha value is -0.900. The highest BCUT2D eigenvalue weighted by molar-refractivity contribution is 5.33. The van der Waals surface area contributed by atoms with Crippen molar-refractivity contribution in [3.63, 3.8) is 0 Å². The SMILES string of the molecule is CCOCCN1C[C@H]2CC[C@@H]1CN(C1Cc3ccccc3C1)C2. The molecular formula is C20H30N2O. The average molecular weight is 314 g/mol. The molecule has 3 saturated heterocycles. The van der Waals surface area contributed by atoms with E-state index in [4.69, 9.17) is 4.74 Å². The number of fused-ring (bicyclic) bond motifs is 5. The van der Waals surface area contributed by atoms with Crippen molar-refractivity contribution in [2.75, 3.05) is 39.4 Å². The molecule has 1 aromatic carbocycles. The van der Waals surface area contributed by atoms with Crippen LogP contribution in [-0.2, 0) is 17.6 Å². The predicted molar refractivity (Wildman–Crippen MR) is 93.8 cm³/mol. The summed E-state index contributed by atoms with van der Waals surface area (Å²) in [5, 5.41) is 0. The van der Waals surface area contributed by atoms with Crippen LogP contribution in [0.1, 0.15) is 30.9 Å². The molecule has 0 radical (unpaired) electrons. The van der Waals surface area contributed by atoms with Crippen molar-refractivity contribution in [3.05, 3.63) is 35.4 Å². The van der Waals surface area contributed by atoms with Crippen LogP contribution in [0.2, 0.25) is 0 Å². The number of hydrogen-bond donors (Lipinski definition) is 0. The van der Waals surface area contributed by atoms with Gasteiger partial charge in [-0.15, -0.1) is 0 Å². The second-order valence-corrected chi connectivity index (χ2v) is 7.57. The third-order valence-electron chi connectivity index (χ3n) is 6.13. The maximum Gasteiger partial charge on any atom is 0.0593 e. The van der Waals surface area contributed by atoms with Crippen molar-refractivity contribution in [2.24, 2.45) is 5.92 Å². The molecule has 0 saturated carbocycles. The molecule has 0 aromatic heterocycles. The van der Waals surface area contributed by atoms with E-state index in [0.29, 0.717) is 0 Å². The Morgan fingerprint density at radius 2 is 1.78 bits per heavy atom. The van der Waals surface area contributed by atoms with E-state index in [1.165, 1.54) is 45.3 Å². The minimum Gasteiger partial charge on any atom is -0.380 e. The smallest absolute Gasteiger partial charge is 0.0593 e. The predicted octanol–water partition coefficient (Wildman–Crippen LogP) is 2.59. The second kappa shape index (κ2) is 6.92. The molecule has 126 valence electrons. The zero-order valence-electron chi connectivity index (χ0n) is 14.4. The Bertz CT molecular complexity index is 507. The fourth-order valence-corrected chi connectivity index (χ4v) is 4.91. The van der Waals surface area contributed by atoms with Crippen molar-refractivity contribution in [2.45, 2.75) is 44.7 Å². The van der Waals surface area contributed by atoms with Crippen molar-refractivity contribution < 1.29 is 4.74 Å². The monoisotopic (exact) mass is 314 g/mol. The highest BCUT2D eigenvalue weighted by Crippen LogP contribution is 2.32. The molecule has 3 heterocycles. The lowest BCUT2D eigenvalue weighted by Crippen LogP contribution is -2.46. The third-order valence-corrected chi connectivity index (χ3v) is 6.13.